The Morgan fingerprint density at radius 2 is 1.79 bits per heavy atom. The largest absolute Gasteiger partial charge is 0.497 e. The van der Waals surface area contributed by atoms with Crippen LogP contribution in [0.3, 0.4) is 0 Å². The molecule has 0 bridgehead atoms. The lowest BCUT2D eigenvalue weighted by Gasteiger charge is -2.35. The first kappa shape index (κ1) is 20.4. The van der Waals surface area contributed by atoms with Crippen LogP contribution < -0.4 is 14.8 Å². The van der Waals surface area contributed by atoms with Gasteiger partial charge in [0.15, 0.2) is 5.78 Å². The quantitative estimate of drug-likeness (QED) is 0.670. The van der Waals surface area contributed by atoms with Gasteiger partial charge in [0, 0.05) is 17.7 Å². The molecular weight excluding hydrogens is 352 g/mol. The molecule has 1 saturated heterocycles. The zero-order valence-electron chi connectivity index (χ0n) is 16.8. The van der Waals surface area contributed by atoms with Crippen LogP contribution >= 0.6 is 0 Å². The number of ether oxygens (including phenoxy) is 2. The first-order valence-electron chi connectivity index (χ1n) is 9.98. The van der Waals surface area contributed by atoms with Crippen LogP contribution in [0.25, 0.3) is 0 Å². The zero-order valence-corrected chi connectivity index (χ0v) is 16.8. The van der Waals surface area contributed by atoms with Crippen molar-refractivity contribution in [2.45, 2.75) is 25.3 Å². The topological polar surface area (TPSA) is 50.8 Å². The fourth-order valence-electron chi connectivity index (χ4n) is 3.81. The predicted octanol–water partition coefficient (Wildman–Crippen LogP) is 3.70. The Morgan fingerprint density at radius 3 is 2.46 bits per heavy atom. The van der Waals surface area contributed by atoms with E-state index in [1.165, 1.54) is 19.3 Å². The second-order valence-corrected chi connectivity index (χ2v) is 7.14. The minimum atomic E-state index is 0.107. The Labute approximate surface area is 167 Å². The Morgan fingerprint density at radius 1 is 1.04 bits per heavy atom. The Bertz CT molecular complexity index is 758. The first-order chi connectivity index (χ1) is 13.7. The molecule has 2 aromatic rings. The second kappa shape index (κ2) is 10.2. The van der Waals surface area contributed by atoms with Crippen LogP contribution in [0.15, 0.2) is 48.5 Å². The third-order valence-electron chi connectivity index (χ3n) is 5.35. The van der Waals surface area contributed by atoms with E-state index in [4.69, 9.17) is 9.47 Å². The third kappa shape index (κ3) is 5.12. The fourth-order valence-corrected chi connectivity index (χ4v) is 3.81. The Hall–Kier alpha value is -2.37. The van der Waals surface area contributed by atoms with Crippen molar-refractivity contribution in [1.29, 1.82) is 0 Å². The number of Topliss-reactive ketones (excluding diaryl/α,β-unsaturated/α-hetero) is 1. The summed E-state index contributed by atoms with van der Waals surface area (Å²) < 4.78 is 11.1. The summed E-state index contributed by atoms with van der Waals surface area (Å²) in [6, 6.07) is 15.5. The van der Waals surface area contributed by atoms with Gasteiger partial charge in [0.2, 0.25) is 0 Å². The molecule has 1 aliphatic heterocycles. The van der Waals surface area contributed by atoms with Crippen molar-refractivity contribution < 1.29 is 14.3 Å². The molecule has 1 unspecified atom stereocenters. The average Bonchev–Trinajstić information content (AvgIpc) is 2.77. The molecule has 5 heteroatoms. The van der Waals surface area contributed by atoms with Gasteiger partial charge in [-0.1, -0.05) is 36.8 Å². The molecule has 1 N–H and O–H groups in total. The molecule has 0 radical (unpaired) electrons. The summed E-state index contributed by atoms with van der Waals surface area (Å²) in [6.07, 6.45) is 3.68. The summed E-state index contributed by atoms with van der Waals surface area (Å²) in [6.45, 7) is 3.11. The Kier molecular flexibility index (Phi) is 7.46. The molecule has 0 aliphatic carbocycles. The van der Waals surface area contributed by atoms with Crippen LogP contribution in [0.1, 0.15) is 41.2 Å². The molecule has 1 aliphatic rings. The molecule has 0 spiro atoms. The second-order valence-electron chi connectivity index (χ2n) is 7.14. The van der Waals surface area contributed by atoms with Gasteiger partial charge in [0.05, 0.1) is 26.8 Å². The van der Waals surface area contributed by atoms with Crippen molar-refractivity contribution in [2.24, 2.45) is 0 Å². The van der Waals surface area contributed by atoms with Crippen molar-refractivity contribution in [2.75, 3.05) is 40.4 Å². The number of benzene rings is 2. The van der Waals surface area contributed by atoms with Crippen molar-refractivity contribution >= 4 is 5.78 Å². The molecule has 0 amide bonds. The number of carbonyl (C=O) groups excluding carboxylic acids is 1. The van der Waals surface area contributed by atoms with Crippen LogP contribution in [0.2, 0.25) is 0 Å². The summed E-state index contributed by atoms with van der Waals surface area (Å²) in [5, 5.41) is 3.38. The van der Waals surface area contributed by atoms with E-state index >= 15 is 0 Å². The maximum Gasteiger partial charge on any atom is 0.176 e. The molecular formula is C23H30N2O3. The Balaban J connectivity index is 1.75. The zero-order chi connectivity index (χ0) is 19.8. The van der Waals surface area contributed by atoms with Gasteiger partial charge in [0.1, 0.15) is 11.5 Å². The SMILES string of the molecule is COc1ccc(OC)c(C(CNCC(=O)c2ccccc2)N2CCCCC2)c1. The minimum absolute atomic E-state index is 0.107. The van der Waals surface area contributed by atoms with Gasteiger partial charge in [0.25, 0.3) is 0 Å². The summed E-state index contributed by atoms with van der Waals surface area (Å²) in [4.78, 5) is 14.9. The number of nitrogens with one attached hydrogen (secondary N) is 1. The van der Waals surface area contributed by atoms with Crippen molar-refractivity contribution in [1.82, 2.24) is 10.2 Å². The van der Waals surface area contributed by atoms with Gasteiger partial charge in [-0.2, -0.15) is 0 Å². The maximum atomic E-state index is 12.4. The van der Waals surface area contributed by atoms with Gasteiger partial charge >= 0.3 is 0 Å². The lowest BCUT2D eigenvalue weighted by atomic mass is 10.00. The number of carbonyl (C=O) groups is 1. The smallest absolute Gasteiger partial charge is 0.176 e. The molecule has 0 aromatic heterocycles. The highest BCUT2D eigenvalue weighted by molar-refractivity contribution is 5.97. The standard InChI is InChI=1S/C23H30N2O3/c1-27-19-11-12-23(28-2)20(15-19)21(25-13-7-4-8-14-25)16-24-17-22(26)18-9-5-3-6-10-18/h3,5-6,9-12,15,21,24H,4,7-8,13-14,16-17H2,1-2H3. The lowest BCUT2D eigenvalue weighted by Crippen LogP contribution is -2.40. The van der Waals surface area contributed by atoms with Gasteiger partial charge in [-0.05, 0) is 44.1 Å². The monoisotopic (exact) mass is 382 g/mol. The highest BCUT2D eigenvalue weighted by atomic mass is 16.5. The van der Waals surface area contributed by atoms with Crippen molar-refractivity contribution in [3.05, 3.63) is 59.7 Å². The maximum absolute atomic E-state index is 12.4. The average molecular weight is 383 g/mol. The van der Waals surface area contributed by atoms with Gasteiger partial charge in [-0.15, -0.1) is 0 Å². The predicted molar refractivity (Wildman–Crippen MR) is 111 cm³/mol. The van der Waals surface area contributed by atoms with Gasteiger partial charge in [-0.25, -0.2) is 0 Å². The number of piperidine rings is 1. The normalized spacial score (nSPS) is 15.8. The highest BCUT2D eigenvalue weighted by Gasteiger charge is 2.25. The summed E-state index contributed by atoms with van der Waals surface area (Å²) >= 11 is 0. The van der Waals surface area contributed by atoms with E-state index in [1.54, 1.807) is 14.2 Å². The van der Waals surface area contributed by atoms with E-state index in [0.717, 1.165) is 35.7 Å². The number of nitrogens with zero attached hydrogens (tertiary/aromatic N) is 1. The number of hydrogen-bond acceptors (Lipinski definition) is 5. The summed E-state index contributed by atoms with van der Waals surface area (Å²) in [5.41, 5.74) is 1.84. The molecule has 2 aromatic carbocycles. The molecule has 0 saturated carbocycles. The van der Waals surface area contributed by atoms with Crippen LogP contribution in [0, 0.1) is 0 Å². The number of methoxy groups -OCH3 is 2. The van der Waals surface area contributed by atoms with Crippen LogP contribution in [-0.4, -0.2) is 51.1 Å². The van der Waals surface area contributed by atoms with Gasteiger partial charge in [-0.3, -0.25) is 9.69 Å². The molecule has 1 fully saturated rings. The number of likely N-dealkylation sites (tertiary alicyclic amines) is 1. The first-order valence-corrected chi connectivity index (χ1v) is 9.98. The highest BCUT2D eigenvalue weighted by Crippen LogP contribution is 2.33. The van der Waals surface area contributed by atoms with E-state index < -0.39 is 0 Å². The number of rotatable bonds is 9. The molecule has 1 atom stereocenters. The fraction of sp³-hybridized carbons (Fsp3) is 0.435. The molecule has 150 valence electrons. The van der Waals surface area contributed by atoms with E-state index in [9.17, 15) is 4.79 Å². The lowest BCUT2D eigenvalue weighted by molar-refractivity contribution is 0.0983. The van der Waals surface area contributed by atoms with Crippen LogP contribution in [-0.2, 0) is 0 Å². The van der Waals surface area contributed by atoms with E-state index in [1.807, 2.05) is 42.5 Å². The summed E-state index contributed by atoms with van der Waals surface area (Å²) in [5.74, 6) is 1.78. The van der Waals surface area contributed by atoms with Crippen LogP contribution in [0.4, 0.5) is 0 Å². The minimum Gasteiger partial charge on any atom is -0.497 e. The molecule has 3 rings (SSSR count). The summed E-state index contributed by atoms with van der Waals surface area (Å²) in [7, 11) is 3.38. The molecule has 28 heavy (non-hydrogen) atoms. The number of ketones is 1. The molecule has 5 nitrogen and oxygen atoms in total. The van der Waals surface area contributed by atoms with Crippen molar-refractivity contribution in [3.63, 3.8) is 0 Å². The number of hydrogen-bond donors (Lipinski definition) is 1. The van der Waals surface area contributed by atoms with Crippen molar-refractivity contribution in [3.8, 4) is 11.5 Å². The van der Waals surface area contributed by atoms with E-state index in [2.05, 4.69) is 16.3 Å². The van der Waals surface area contributed by atoms with E-state index in [-0.39, 0.29) is 11.8 Å². The van der Waals surface area contributed by atoms with Gasteiger partial charge < -0.3 is 14.8 Å². The van der Waals surface area contributed by atoms with E-state index in [0.29, 0.717) is 13.1 Å². The van der Waals surface area contributed by atoms with Crippen LogP contribution in [0.5, 0.6) is 11.5 Å². The molecule has 1 heterocycles. The third-order valence-corrected chi connectivity index (χ3v) is 5.35.